The lowest BCUT2D eigenvalue weighted by Gasteiger charge is -2.26. The molecule has 2 rings (SSSR count). The minimum absolute atomic E-state index is 0.0144. The standard InChI is InChI=1S/C13H15NO3S/c1-8-5-10(9(2)15)3-4-12(8)13(16)14-11-6-18(17)7-11/h3-5,11H,6-7H2,1-2H3,(H,14,16). The quantitative estimate of drug-likeness (QED) is 0.831. The number of ketones is 1. The van der Waals surface area contributed by atoms with Gasteiger partial charge in [-0.15, -0.1) is 0 Å². The number of hydrogen-bond donors (Lipinski definition) is 1. The Labute approximate surface area is 108 Å². The fraction of sp³-hybridized carbons (Fsp3) is 0.385. The summed E-state index contributed by atoms with van der Waals surface area (Å²) in [7, 11) is -0.769. The molecular formula is C13H15NO3S. The molecule has 0 bridgehead atoms. The van der Waals surface area contributed by atoms with Crippen LogP contribution in [-0.2, 0) is 10.8 Å². The number of rotatable bonds is 3. The van der Waals surface area contributed by atoms with E-state index >= 15 is 0 Å². The predicted octanol–water partition coefficient (Wildman–Crippen LogP) is 1.06. The number of carbonyl (C=O) groups is 2. The maximum atomic E-state index is 12.0. The van der Waals surface area contributed by atoms with E-state index in [9.17, 15) is 13.8 Å². The SMILES string of the molecule is CC(=O)c1ccc(C(=O)NC2CS(=O)C2)c(C)c1. The number of Topliss-reactive ketones (excluding diaryl/α,β-unsaturated/α-hetero) is 1. The molecule has 1 amide bonds. The number of hydrogen-bond acceptors (Lipinski definition) is 3. The zero-order chi connectivity index (χ0) is 13.3. The Balaban J connectivity index is 2.10. The van der Waals surface area contributed by atoms with Crippen LogP contribution in [-0.4, -0.2) is 33.4 Å². The first-order valence-corrected chi connectivity index (χ1v) is 7.23. The number of carbonyl (C=O) groups excluding carboxylic acids is 2. The van der Waals surface area contributed by atoms with E-state index in [1.807, 2.05) is 0 Å². The molecule has 0 radical (unpaired) electrons. The van der Waals surface area contributed by atoms with Gasteiger partial charge in [-0.1, -0.05) is 6.07 Å². The second-order valence-corrected chi connectivity index (χ2v) is 6.08. The lowest BCUT2D eigenvalue weighted by molar-refractivity contribution is 0.0939. The first-order valence-electron chi connectivity index (χ1n) is 5.75. The topological polar surface area (TPSA) is 63.2 Å². The molecule has 0 aromatic heterocycles. The van der Waals surface area contributed by atoms with Crippen LogP contribution in [0.3, 0.4) is 0 Å². The van der Waals surface area contributed by atoms with E-state index in [0.29, 0.717) is 22.6 Å². The highest BCUT2D eigenvalue weighted by Gasteiger charge is 2.27. The number of benzene rings is 1. The van der Waals surface area contributed by atoms with E-state index in [-0.39, 0.29) is 17.7 Å². The maximum Gasteiger partial charge on any atom is 0.251 e. The second kappa shape index (κ2) is 5.02. The van der Waals surface area contributed by atoms with Crippen molar-refractivity contribution in [1.29, 1.82) is 0 Å². The molecule has 4 nitrogen and oxygen atoms in total. The third kappa shape index (κ3) is 2.67. The second-order valence-electron chi connectivity index (χ2n) is 4.53. The fourth-order valence-electron chi connectivity index (χ4n) is 1.88. The molecule has 1 heterocycles. The van der Waals surface area contributed by atoms with Crippen LogP contribution in [0.1, 0.15) is 33.2 Å². The molecule has 0 aliphatic carbocycles. The molecule has 0 unspecified atom stereocenters. The van der Waals surface area contributed by atoms with Crippen molar-refractivity contribution in [2.24, 2.45) is 0 Å². The summed E-state index contributed by atoms with van der Waals surface area (Å²) < 4.78 is 10.9. The molecule has 0 atom stereocenters. The van der Waals surface area contributed by atoms with Gasteiger partial charge in [0.25, 0.3) is 5.91 Å². The van der Waals surface area contributed by atoms with Crippen LogP contribution >= 0.6 is 0 Å². The Kier molecular flexibility index (Phi) is 3.61. The van der Waals surface area contributed by atoms with Crippen molar-refractivity contribution in [3.05, 3.63) is 34.9 Å². The fourth-order valence-corrected chi connectivity index (χ4v) is 2.85. The largest absolute Gasteiger partial charge is 0.347 e. The van der Waals surface area contributed by atoms with Gasteiger partial charge in [0.15, 0.2) is 5.78 Å². The predicted molar refractivity (Wildman–Crippen MR) is 70.3 cm³/mol. The van der Waals surface area contributed by atoms with Gasteiger partial charge in [0.2, 0.25) is 0 Å². The van der Waals surface area contributed by atoms with Crippen LogP contribution in [0.4, 0.5) is 0 Å². The van der Waals surface area contributed by atoms with Crippen molar-refractivity contribution in [3.63, 3.8) is 0 Å². The van der Waals surface area contributed by atoms with Gasteiger partial charge in [0.05, 0.1) is 6.04 Å². The Morgan fingerprint density at radius 1 is 1.33 bits per heavy atom. The van der Waals surface area contributed by atoms with Crippen LogP contribution in [0.25, 0.3) is 0 Å². The Hall–Kier alpha value is -1.49. The molecule has 1 fully saturated rings. The van der Waals surface area contributed by atoms with E-state index < -0.39 is 10.8 Å². The molecule has 96 valence electrons. The summed E-state index contributed by atoms with van der Waals surface area (Å²) in [6.07, 6.45) is 0. The summed E-state index contributed by atoms with van der Waals surface area (Å²) in [5.74, 6) is 0.899. The molecule has 1 aromatic carbocycles. The van der Waals surface area contributed by atoms with E-state index in [1.165, 1.54) is 6.92 Å². The van der Waals surface area contributed by atoms with Crippen molar-refractivity contribution in [3.8, 4) is 0 Å². The molecule has 0 spiro atoms. The zero-order valence-corrected chi connectivity index (χ0v) is 11.2. The van der Waals surface area contributed by atoms with Crippen LogP contribution in [0.5, 0.6) is 0 Å². The highest BCUT2D eigenvalue weighted by molar-refractivity contribution is 7.86. The van der Waals surface area contributed by atoms with E-state index in [4.69, 9.17) is 0 Å². The molecule has 1 saturated heterocycles. The van der Waals surface area contributed by atoms with Crippen LogP contribution < -0.4 is 5.32 Å². The lowest BCUT2D eigenvalue weighted by atomic mass is 10.0. The molecule has 0 saturated carbocycles. The van der Waals surface area contributed by atoms with Gasteiger partial charge < -0.3 is 5.32 Å². The summed E-state index contributed by atoms with van der Waals surface area (Å²) in [6, 6.07) is 5.06. The normalized spacial score (nSPS) is 22.1. The first kappa shape index (κ1) is 13.0. The monoisotopic (exact) mass is 265 g/mol. The minimum atomic E-state index is -0.769. The Morgan fingerprint density at radius 2 is 2.00 bits per heavy atom. The summed E-state index contributed by atoms with van der Waals surface area (Å²) in [5, 5.41) is 2.84. The average Bonchev–Trinajstić information content (AvgIpc) is 2.26. The Bertz CT molecular complexity index is 531. The van der Waals surface area contributed by atoms with Crippen LogP contribution in [0.2, 0.25) is 0 Å². The molecule has 1 aliphatic heterocycles. The van der Waals surface area contributed by atoms with E-state index in [0.717, 1.165) is 5.56 Å². The van der Waals surface area contributed by atoms with Gasteiger partial charge in [-0.05, 0) is 31.5 Å². The number of amides is 1. The molecule has 18 heavy (non-hydrogen) atoms. The van der Waals surface area contributed by atoms with E-state index in [2.05, 4.69) is 5.32 Å². The maximum absolute atomic E-state index is 12.0. The molecular weight excluding hydrogens is 250 g/mol. The zero-order valence-electron chi connectivity index (χ0n) is 10.4. The lowest BCUT2D eigenvalue weighted by Crippen LogP contribution is -2.50. The highest BCUT2D eigenvalue weighted by atomic mass is 32.2. The van der Waals surface area contributed by atoms with Gasteiger partial charge in [0, 0.05) is 33.4 Å². The third-order valence-corrected chi connectivity index (χ3v) is 4.54. The van der Waals surface area contributed by atoms with Crippen molar-refractivity contribution >= 4 is 22.5 Å². The summed E-state index contributed by atoms with van der Waals surface area (Å²) in [4.78, 5) is 23.2. The van der Waals surface area contributed by atoms with Crippen molar-refractivity contribution < 1.29 is 13.8 Å². The molecule has 1 N–H and O–H groups in total. The highest BCUT2D eigenvalue weighted by Crippen LogP contribution is 2.13. The van der Waals surface area contributed by atoms with Gasteiger partial charge in [-0.25, -0.2) is 0 Å². The van der Waals surface area contributed by atoms with Gasteiger partial charge >= 0.3 is 0 Å². The molecule has 5 heteroatoms. The summed E-state index contributed by atoms with van der Waals surface area (Å²) >= 11 is 0. The van der Waals surface area contributed by atoms with Crippen LogP contribution in [0.15, 0.2) is 18.2 Å². The van der Waals surface area contributed by atoms with Crippen molar-refractivity contribution in [2.75, 3.05) is 11.5 Å². The number of aryl methyl sites for hydroxylation is 1. The van der Waals surface area contributed by atoms with Crippen molar-refractivity contribution in [1.82, 2.24) is 5.32 Å². The van der Waals surface area contributed by atoms with Gasteiger partial charge in [-0.2, -0.15) is 0 Å². The average molecular weight is 265 g/mol. The van der Waals surface area contributed by atoms with Crippen molar-refractivity contribution in [2.45, 2.75) is 19.9 Å². The molecule has 1 aromatic rings. The smallest absolute Gasteiger partial charge is 0.251 e. The Morgan fingerprint density at radius 3 is 2.50 bits per heavy atom. The molecule has 1 aliphatic rings. The van der Waals surface area contributed by atoms with E-state index in [1.54, 1.807) is 25.1 Å². The summed E-state index contributed by atoms with van der Waals surface area (Å²) in [5.41, 5.74) is 1.95. The minimum Gasteiger partial charge on any atom is -0.347 e. The van der Waals surface area contributed by atoms with Crippen LogP contribution in [0, 0.1) is 6.92 Å². The summed E-state index contributed by atoms with van der Waals surface area (Å²) in [6.45, 7) is 3.30. The third-order valence-electron chi connectivity index (χ3n) is 2.99. The van der Waals surface area contributed by atoms with Gasteiger partial charge in [0.1, 0.15) is 0 Å². The van der Waals surface area contributed by atoms with Gasteiger partial charge in [-0.3, -0.25) is 13.8 Å². The first-order chi connectivity index (χ1) is 8.47. The number of nitrogens with one attached hydrogen (secondary N) is 1.